The van der Waals surface area contributed by atoms with Crippen molar-refractivity contribution in [2.45, 2.75) is 70.9 Å². The van der Waals surface area contributed by atoms with Crippen LogP contribution in [-0.2, 0) is 9.53 Å². The molecule has 1 aliphatic carbocycles. The van der Waals surface area contributed by atoms with Gasteiger partial charge in [-0.1, -0.05) is 39.0 Å². The molecule has 0 aromatic rings. The number of methoxy groups -OCH3 is 1. The fourth-order valence-corrected chi connectivity index (χ4v) is 2.59. The summed E-state index contributed by atoms with van der Waals surface area (Å²) in [6.07, 6.45) is 8.53. The van der Waals surface area contributed by atoms with Gasteiger partial charge in [-0.3, -0.25) is 4.79 Å². The van der Waals surface area contributed by atoms with Gasteiger partial charge in [0.15, 0.2) is 0 Å². The molecule has 0 heterocycles. The molecule has 0 bridgehead atoms. The molecule has 3 heteroatoms. The van der Waals surface area contributed by atoms with Crippen LogP contribution < -0.4 is 5.32 Å². The van der Waals surface area contributed by atoms with Gasteiger partial charge >= 0.3 is 5.97 Å². The van der Waals surface area contributed by atoms with E-state index < -0.39 is 0 Å². The zero-order valence-corrected chi connectivity index (χ0v) is 11.5. The van der Waals surface area contributed by atoms with E-state index in [9.17, 15) is 4.79 Å². The van der Waals surface area contributed by atoms with Crippen molar-refractivity contribution < 1.29 is 9.53 Å². The molecule has 0 spiro atoms. The Balaban J connectivity index is 2.46. The minimum absolute atomic E-state index is 0.101. The highest BCUT2D eigenvalue weighted by Crippen LogP contribution is 2.27. The first-order valence-corrected chi connectivity index (χ1v) is 7.01. The molecule has 1 fully saturated rings. The largest absolute Gasteiger partial charge is 0.468 e. The molecule has 1 aliphatic rings. The van der Waals surface area contributed by atoms with Crippen LogP contribution in [0.5, 0.6) is 0 Å². The summed E-state index contributed by atoms with van der Waals surface area (Å²) in [6.45, 7) is 4.25. The number of carbonyl (C=O) groups is 1. The Kier molecular flexibility index (Phi) is 6.56. The minimum atomic E-state index is -0.113. The third-order valence-electron chi connectivity index (χ3n) is 3.88. The Bertz CT molecular complexity index is 224. The van der Waals surface area contributed by atoms with Gasteiger partial charge in [0.25, 0.3) is 0 Å². The van der Waals surface area contributed by atoms with E-state index in [2.05, 4.69) is 19.2 Å². The van der Waals surface area contributed by atoms with Crippen LogP contribution in [0, 0.1) is 5.92 Å². The molecule has 3 nitrogen and oxygen atoms in total. The highest BCUT2D eigenvalue weighted by Gasteiger charge is 2.25. The van der Waals surface area contributed by atoms with Crippen LogP contribution in [0.15, 0.2) is 0 Å². The number of rotatable bonds is 6. The van der Waals surface area contributed by atoms with Crippen LogP contribution in [0.1, 0.15) is 58.8 Å². The molecule has 1 N–H and O–H groups in total. The number of esters is 1. The molecule has 2 atom stereocenters. The topological polar surface area (TPSA) is 38.3 Å². The van der Waals surface area contributed by atoms with E-state index in [-0.39, 0.29) is 12.0 Å². The Morgan fingerprint density at radius 1 is 1.35 bits per heavy atom. The first-order chi connectivity index (χ1) is 8.17. The maximum atomic E-state index is 11.8. The average Bonchev–Trinajstić information content (AvgIpc) is 2.38. The van der Waals surface area contributed by atoms with Gasteiger partial charge < -0.3 is 10.1 Å². The number of nitrogens with one attached hydrogen (secondary N) is 1. The highest BCUT2D eigenvalue weighted by atomic mass is 16.5. The molecule has 0 radical (unpaired) electrons. The predicted octanol–water partition coefficient (Wildman–Crippen LogP) is 2.89. The summed E-state index contributed by atoms with van der Waals surface area (Å²) in [7, 11) is 1.48. The number of carbonyl (C=O) groups excluding carboxylic acids is 1. The molecular formula is C14H27NO2. The van der Waals surface area contributed by atoms with Crippen LogP contribution in [0.4, 0.5) is 0 Å². The van der Waals surface area contributed by atoms with E-state index in [1.165, 1.54) is 39.2 Å². The van der Waals surface area contributed by atoms with E-state index in [0.29, 0.717) is 12.0 Å². The van der Waals surface area contributed by atoms with Crippen LogP contribution >= 0.6 is 0 Å². The molecule has 17 heavy (non-hydrogen) atoms. The lowest BCUT2D eigenvalue weighted by molar-refractivity contribution is -0.144. The molecule has 0 aromatic carbocycles. The lowest BCUT2D eigenvalue weighted by Gasteiger charge is -2.27. The third-order valence-corrected chi connectivity index (χ3v) is 3.88. The van der Waals surface area contributed by atoms with Crippen molar-refractivity contribution in [2.24, 2.45) is 5.92 Å². The molecule has 2 unspecified atom stereocenters. The van der Waals surface area contributed by atoms with Crippen molar-refractivity contribution in [3.8, 4) is 0 Å². The summed E-state index contributed by atoms with van der Waals surface area (Å²) in [4.78, 5) is 11.8. The van der Waals surface area contributed by atoms with Crippen molar-refractivity contribution in [2.75, 3.05) is 7.11 Å². The third kappa shape index (κ3) is 5.07. The molecule has 0 saturated heterocycles. The molecule has 1 saturated carbocycles. The van der Waals surface area contributed by atoms with Crippen LogP contribution in [-0.4, -0.2) is 25.2 Å². The summed E-state index contributed by atoms with van der Waals surface area (Å²) in [5.41, 5.74) is 0. The van der Waals surface area contributed by atoms with Gasteiger partial charge in [-0.15, -0.1) is 0 Å². The van der Waals surface area contributed by atoms with E-state index in [0.717, 1.165) is 12.8 Å². The van der Waals surface area contributed by atoms with Gasteiger partial charge in [-0.05, 0) is 25.7 Å². The monoisotopic (exact) mass is 241 g/mol. The predicted molar refractivity (Wildman–Crippen MR) is 69.9 cm³/mol. The van der Waals surface area contributed by atoms with Crippen molar-refractivity contribution in [3.05, 3.63) is 0 Å². The number of hydrogen-bond acceptors (Lipinski definition) is 3. The van der Waals surface area contributed by atoms with Crippen molar-refractivity contribution in [1.82, 2.24) is 5.32 Å². The van der Waals surface area contributed by atoms with Crippen LogP contribution in [0.3, 0.4) is 0 Å². The maximum Gasteiger partial charge on any atom is 0.322 e. The Labute approximate surface area is 105 Å². The first-order valence-electron chi connectivity index (χ1n) is 7.01. The van der Waals surface area contributed by atoms with Gasteiger partial charge in [-0.25, -0.2) is 0 Å². The molecule has 0 aromatic heterocycles. The summed E-state index contributed by atoms with van der Waals surface area (Å²) in [5.74, 6) is 0.597. The lowest BCUT2D eigenvalue weighted by Crippen LogP contribution is -2.43. The summed E-state index contributed by atoms with van der Waals surface area (Å²) in [5, 5.41) is 3.39. The Morgan fingerprint density at radius 2 is 2.00 bits per heavy atom. The summed E-state index contributed by atoms with van der Waals surface area (Å²) >= 11 is 0. The van der Waals surface area contributed by atoms with Crippen molar-refractivity contribution in [1.29, 1.82) is 0 Å². The first kappa shape index (κ1) is 14.5. The second kappa shape index (κ2) is 7.70. The maximum absolute atomic E-state index is 11.8. The van der Waals surface area contributed by atoms with E-state index in [4.69, 9.17) is 4.74 Å². The van der Waals surface area contributed by atoms with Gasteiger partial charge in [0.05, 0.1) is 7.11 Å². The number of hydrogen-bond donors (Lipinski definition) is 1. The van der Waals surface area contributed by atoms with Gasteiger partial charge in [0.2, 0.25) is 0 Å². The van der Waals surface area contributed by atoms with Gasteiger partial charge in [-0.2, -0.15) is 0 Å². The second-order valence-corrected chi connectivity index (χ2v) is 5.29. The minimum Gasteiger partial charge on any atom is -0.468 e. The van der Waals surface area contributed by atoms with E-state index in [1.54, 1.807) is 0 Å². The van der Waals surface area contributed by atoms with Crippen molar-refractivity contribution >= 4 is 5.97 Å². The fourth-order valence-electron chi connectivity index (χ4n) is 2.59. The Morgan fingerprint density at radius 3 is 2.53 bits per heavy atom. The quantitative estimate of drug-likeness (QED) is 0.727. The smallest absolute Gasteiger partial charge is 0.322 e. The number of ether oxygens (including phenoxy) is 1. The zero-order valence-electron chi connectivity index (χ0n) is 11.5. The van der Waals surface area contributed by atoms with Gasteiger partial charge in [0.1, 0.15) is 6.04 Å². The molecule has 1 rings (SSSR count). The van der Waals surface area contributed by atoms with Crippen LogP contribution in [0.2, 0.25) is 0 Å². The normalized spacial score (nSPS) is 20.9. The van der Waals surface area contributed by atoms with Gasteiger partial charge in [0, 0.05) is 6.04 Å². The second-order valence-electron chi connectivity index (χ2n) is 5.29. The molecule has 0 amide bonds. The standard InChI is InChI=1S/C14H27NO2/c1-4-11(2)15-13(14(16)17-3)10-12-8-6-5-7-9-12/h11-13,15H,4-10H2,1-3H3. The molecular weight excluding hydrogens is 214 g/mol. The molecule has 100 valence electrons. The fraction of sp³-hybridized carbons (Fsp3) is 0.929. The summed E-state index contributed by atoms with van der Waals surface area (Å²) in [6, 6.07) is 0.265. The van der Waals surface area contributed by atoms with E-state index in [1.807, 2.05) is 0 Å². The Hall–Kier alpha value is -0.570. The SMILES string of the molecule is CCC(C)NC(CC1CCCCC1)C(=O)OC. The van der Waals surface area contributed by atoms with Crippen molar-refractivity contribution in [3.63, 3.8) is 0 Å². The lowest BCUT2D eigenvalue weighted by atomic mass is 9.84. The average molecular weight is 241 g/mol. The van der Waals surface area contributed by atoms with E-state index >= 15 is 0 Å². The highest BCUT2D eigenvalue weighted by molar-refractivity contribution is 5.75. The van der Waals surface area contributed by atoms with Crippen LogP contribution in [0.25, 0.3) is 0 Å². The summed E-state index contributed by atoms with van der Waals surface area (Å²) < 4.78 is 4.90. The zero-order chi connectivity index (χ0) is 12.7. The molecule has 0 aliphatic heterocycles.